The molecule has 32 heavy (non-hydrogen) atoms. The van der Waals surface area contributed by atoms with Gasteiger partial charge in [0, 0.05) is 49.3 Å². The third kappa shape index (κ3) is 5.79. The first kappa shape index (κ1) is 22.1. The van der Waals surface area contributed by atoms with Gasteiger partial charge in [0.15, 0.2) is 0 Å². The van der Waals surface area contributed by atoms with Crippen LogP contribution in [0.15, 0.2) is 49.1 Å². The van der Waals surface area contributed by atoms with Gasteiger partial charge in [-0.25, -0.2) is 4.98 Å². The molecular formula is C25H32N6O. The van der Waals surface area contributed by atoms with Crippen LogP contribution in [-0.4, -0.2) is 50.0 Å². The number of amides is 1. The molecule has 1 amide bonds. The zero-order valence-corrected chi connectivity index (χ0v) is 19.0. The highest BCUT2D eigenvalue weighted by molar-refractivity contribution is 5.95. The average molecular weight is 433 g/mol. The second-order valence-corrected chi connectivity index (χ2v) is 8.62. The number of imidazole rings is 1. The van der Waals surface area contributed by atoms with Gasteiger partial charge in [-0.3, -0.25) is 19.7 Å². The van der Waals surface area contributed by atoms with Crippen LogP contribution in [0.3, 0.4) is 0 Å². The van der Waals surface area contributed by atoms with Crippen molar-refractivity contribution in [1.82, 2.24) is 29.7 Å². The van der Waals surface area contributed by atoms with Crippen molar-refractivity contribution < 1.29 is 4.79 Å². The van der Waals surface area contributed by atoms with Gasteiger partial charge in [-0.1, -0.05) is 6.07 Å². The molecule has 0 aliphatic carbocycles. The Morgan fingerprint density at radius 3 is 2.66 bits per heavy atom. The third-order valence-electron chi connectivity index (χ3n) is 6.05. The number of aryl methyl sites for hydroxylation is 3. The Bertz CT molecular complexity index is 1020. The Balaban J connectivity index is 1.34. The van der Waals surface area contributed by atoms with Crippen molar-refractivity contribution in [1.29, 1.82) is 0 Å². The monoisotopic (exact) mass is 432 g/mol. The van der Waals surface area contributed by atoms with Crippen molar-refractivity contribution in [2.45, 2.75) is 52.1 Å². The minimum atomic E-state index is -0.0236. The molecule has 0 atom stereocenters. The number of rotatable bonds is 8. The Morgan fingerprint density at radius 1 is 1.09 bits per heavy atom. The number of hydrogen-bond donors (Lipinski definition) is 1. The topological polar surface area (TPSA) is 75.9 Å². The summed E-state index contributed by atoms with van der Waals surface area (Å²) in [7, 11) is 0. The standard InChI is InChI=1S/C25H32N6O/c1-19-5-3-6-22(28-19)17-30-14-9-21(10-15-30)24-23(8-7-20(2)29-24)25(32)27-11-4-13-31-16-12-26-18-31/h3,5-8,12,16,18,21H,4,9-11,13-15,17H2,1-2H3,(H,27,32). The molecule has 3 aromatic heterocycles. The summed E-state index contributed by atoms with van der Waals surface area (Å²) in [4.78, 5) is 28.9. The molecule has 0 spiro atoms. The van der Waals surface area contributed by atoms with Gasteiger partial charge < -0.3 is 9.88 Å². The molecule has 7 heteroatoms. The molecule has 1 aliphatic heterocycles. The predicted octanol–water partition coefficient (Wildman–Crippen LogP) is 3.49. The van der Waals surface area contributed by atoms with Crippen LogP contribution in [0.2, 0.25) is 0 Å². The molecule has 1 N–H and O–H groups in total. The second kappa shape index (κ2) is 10.5. The van der Waals surface area contributed by atoms with Crippen LogP contribution in [0.4, 0.5) is 0 Å². The van der Waals surface area contributed by atoms with Gasteiger partial charge in [0.1, 0.15) is 0 Å². The second-order valence-electron chi connectivity index (χ2n) is 8.62. The smallest absolute Gasteiger partial charge is 0.253 e. The van der Waals surface area contributed by atoms with Crippen molar-refractivity contribution in [2.24, 2.45) is 0 Å². The summed E-state index contributed by atoms with van der Waals surface area (Å²) in [5.74, 6) is 0.285. The zero-order valence-electron chi connectivity index (χ0n) is 19.0. The lowest BCUT2D eigenvalue weighted by Gasteiger charge is -2.32. The lowest BCUT2D eigenvalue weighted by atomic mass is 9.89. The van der Waals surface area contributed by atoms with Gasteiger partial charge in [0.25, 0.3) is 5.91 Å². The van der Waals surface area contributed by atoms with Crippen LogP contribution in [0.5, 0.6) is 0 Å². The maximum absolute atomic E-state index is 12.9. The summed E-state index contributed by atoms with van der Waals surface area (Å²) in [6.45, 7) is 8.35. The maximum atomic E-state index is 12.9. The van der Waals surface area contributed by atoms with E-state index < -0.39 is 0 Å². The molecule has 0 bridgehead atoms. The van der Waals surface area contributed by atoms with Gasteiger partial charge in [-0.15, -0.1) is 0 Å². The van der Waals surface area contributed by atoms with Crippen LogP contribution >= 0.6 is 0 Å². The largest absolute Gasteiger partial charge is 0.352 e. The normalized spacial score (nSPS) is 15.1. The fourth-order valence-electron chi connectivity index (χ4n) is 4.34. The number of nitrogens with zero attached hydrogens (tertiary/aromatic N) is 5. The van der Waals surface area contributed by atoms with E-state index >= 15 is 0 Å². The van der Waals surface area contributed by atoms with Crippen molar-refractivity contribution in [3.63, 3.8) is 0 Å². The van der Waals surface area contributed by atoms with E-state index in [2.05, 4.69) is 32.3 Å². The summed E-state index contributed by atoms with van der Waals surface area (Å²) in [5, 5.41) is 3.08. The van der Waals surface area contributed by atoms with Crippen LogP contribution in [0.25, 0.3) is 0 Å². The third-order valence-corrected chi connectivity index (χ3v) is 6.05. The first-order valence-electron chi connectivity index (χ1n) is 11.4. The van der Waals surface area contributed by atoms with Gasteiger partial charge in [0.2, 0.25) is 0 Å². The molecule has 0 unspecified atom stereocenters. The Hall–Kier alpha value is -3.06. The highest BCUT2D eigenvalue weighted by Gasteiger charge is 2.26. The SMILES string of the molecule is Cc1cccc(CN2CCC(c3nc(C)ccc3C(=O)NCCCn3ccnc3)CC2)n1. The van der Waals surface area contributed by atoms with Gasteiger partial charge >= 0.3 is 0 Å². The molecule has 4 rings (SSSR count). The highest BCUT2D eigenvalue weighted by atomic mass is 16.1. The predicted molar refractivity (Wildman–Crippen MR) is 124 cm³/mol. The molecule has 3 aromatic rings. The summed E-state index contributed by atoms with van der Waals surface area (Å²) >= 11 is 0. The Kier molecular flexibility index (Phi) is 7.27. The van der Waals surface area contributed by atoms with Crippen molar-refractivity contribution in [3.05, 3.63) is 77.4 Å². The quantitative estimate of drug-likeness (QED) is 0.552. The summed E-state index contributed by atoms with van der Waals surface area (Å²) in [5.41, 5.74) is 4.81. The number of nitrogens with one attached hydrogen (secondary N) is 1. The molecule has 1 aliphatic rings. The van der Waals surface area contributed by atoms with E-state index in [0.717, 1.165) is 73.8 Å². The summed E-state index contributed by atoms with van der Waals surface area (Å²) < 4.78 is 2.02. The molecule has 168 valence electrons. The zero-order chi connectivity index (χ0) is 22.3. The lowest BCUT2D eigenvalue weighted by molar-refractivity contribution is 0.0949. The molecule has 7 nitrogen and oxygen atoms in total. The number of pyridine rings is 2. The fraction of sp³-hybridized carbons (Fsp3) is 0.440. The minimum absolute atomic E-state index is 0.0236. The van der Waals surface area contributed by atoms with Crippen molar-refractivity contribution in [2.75, 3.05) is 19.6 Å². The van der Waals surface area contributed by atoms with E-state index in [1.165, 1.54) is 0 Å². The molecule has 0 aromatic carbocycles. The molecule has 4 heterocycles. The van der Waals surface area contributed by atoms with E-state index in [4.69, 9.17) is 4.98 Å². The summed E-state index contributed by atoms with van der Waals surface area (Å²) in [6, 6.07) is 10.1. The first-order valence-corrected chi connectivity index (χ1v) is 11.4. The van der Waals surface area contributed by atoms with Crippen LogP contribution in [-0.2, 0) is 13.1 Å². The van der Waals surface area contributed by atoms with Crippen molar-refractivity contribution in [3.8, 4) is 0 Å². The lowest BCUT2D eigenvalue weighted by Crippen LogP contribution is -2.34. The molecule has 0 saturated carbocycles. The molecule has 1 fully saturated rings. The van der Waals surface area contributed by atoms with Crippen molar-refractivity contribution >= 4 is 5.91 Å². The van der Waals surface area contributed by atoms with Crippen LogP contribution in [0.1, 0.15) is 58.3 Å². The van der Waals surface area contributed by atoms with E-state index in [9.17, 15) is 4.79 Å². The van der Waals surface area contributed by atoms with Gasteiger partial charge in [0.05, 0.1) is 23.3 Å². The van der Waals surface area contributed by atoms with Gasteiger partial charge in [-0.05, 0) is 70.5 Å². The van der Waals surface area contributed by atoms with E-state index in [0.29, 0.717) is 12.5 Å². The number of carbonyl (C=O) groups excluding carboxylic acids is 1. The van der Waals surface area contributed by atoms with Crippen LogP contribution < -0.4 is 5.32 Å². The number of aromatic nitrogens is 4. The van der Waals surface area contributed by atoms with E-state index in [1.54, 1.807) is 12.5 Å². The number of piperidine rings is 1. The number of carbonyl (C=O) groups is 1. The fourth-order valence-corrected chi connectivity index (χ4v) is 4.34. The van der Waals surface area contributed by atoms with Gasteiger partial charge in [-0.2, -0.15) is 0 Å². The average Bonchev–Trinajstić information content (AvgIpc) is 3.31. The summed E-state index contributed by atoms with van der Waals surface area (Å²) in [6.07, 6.45) is 8.37. The molecular weight excluding hydrogens is 400 g/mol. The highest BCUT2D eigenvalue weighted by Crippen LogP contribution is 2.30. The first-order chi connectivity index (χ1) is 15.6. The Labute approximate surface area is 189 Å². The molecule has 1 saturated heterocycles. The number of likely N-dealkylation sites (tertiary alicyclic amines) is 1. The van der Waals surface area contributed by atoms with E-state index in [1.807, 2.05) is 42.8 Å². The van der Waals surface area contributed by atoms with Crippen LogP contribution in [0, 0.1) is 13.8 Å². The Morgan fingerprint density at radius 2 is 1.91 bits per heavy atom. The molecule has 0 radical (unpaired) electrons. The maximum Gasteiger partial charge on any atom is 0.253 e. The van der Waals surface area contributed by atoms with E-state index in [-0.39, 0.29) is 5.91 Å². The number of hydrogen-bond acceptors (Lipinski definition) is 5. The minimum Gasteiger partial charge on any atom is -0.352 e.